The van der Waals surface area contributed by atoms with Gasteiger partial charge in [-0.15, -0.1) is 12.4 Å². The van der Waals surface area contributed by atoms with Crippen molar-refractivity contribution in [3.8, 4) is 0 Å². The number of anilines is 2. The van der Waals surface area contributed by atoms with Crippen molar-refractivity contribution >= 4 is 47.4 Å². The summed E-state index contributed by atoms with van der Waals surface area (Å²) in [4.78, 5) is 37.8. The van der Waals surface area contributed by atoms with Gasteiger partial charge in [-0.25, -0.2) is 4.79 Å². The quantitative estimate of drug-likeness (QED) is 0.211. The Kier molecular flexibility index (Phi) is 8.97. The lowest BCUT2D eigenvalue weighted by molar-refractivity contribution is 0.0600. The molecule has 0 bridgehead atoms. The van der Waals surface area contributed by atoms with Crippen LogP contribution in [0.25, 0.3) is 0 Å². The van der Waals surface area contributed by atoms with Gasteiger partial charge in [0.15, 0.2) is 0 Å². The highest BCUT2D eigenvalue weighted by Crippen LogP contribution is 2.26. The fourth-order valence-corrected chi connectivity index (χ4v) is 3.31. The van der Waals surface area contributed by atoms with E-state index in [0.29, 0.717) is 22.4 Å². The molecule has 36 heavy (non-hydrogen) atoms. The van der Waals surface area contributed by atoms with Gasteiger partial charge in [-0.1, -0.05) is 45.0 Å². The standard InChI is InChI=1S/C27H28N4O4.ClH/c1-27(2,3)20-12-9-18(10-13-20)25(33)31-22-15-19(26(34)35-4)11-14-21(22)30-24(32)17-7-5-16(6-8-17)23(28)29;/h5-15H,1-4H3,(H3,28,29)(H,30,32)(H,31,33);1H. The molecule has 0 aliphatic heterocycles. The summed E-state index contributed by atoms with van der Waals surface area (Å²) in [7, 11) is 1.26. The van der Waals surface area contributed by atoms with E-state index in [0.717, 1.165) is 5.56 Å². The zero-order valence-electron chi connectivity index (χ0n) is 20.5. The molecule has 0 saturated carbocycles. The molecule has 0 aliphatic carbocycles. The van der Waals surface area contributed by atoms with E-state index in [4.69, 9.17) is 15.9 Å². The first-order chi connectivity index (χ1) is 16.5. The Hall–Kier alpha value is -4.17. The summed E-state index contributed by atoms with van der Waals surface area (Å²) in [6.07, 6.45) is 0. The number of nitrogens with two attached hydrogens (primary N) is 1. The predicted molar refractivity (Wildman–Crippen MR) is 144 cm³/mol. The van der Waals surface area contributed by atoms with Crippen LogP contribution >= 0.6 is 12.4 Å². The number of nitrogen functional groups attached to an aromatic ring is 1. The van der Waals surface area contributed by atoms with E-state index >= 15 is 0 Å². The van der Waals surface area contributed by atoms with Crippen LogP contribution in [0.4, 0.5) is 11.4 Å². The van der Waals surface area contributed by atoms with Crippen LogP contribution in [0.1, 0.15) is 63.0 Å². The summed E-state index contributed by atoms with van der Waals surface area (Å²) in [5, 5.41) is 13.0. The number of carbonyl (C=O) groups excluding carboxylic acids is 3. The Labute approximate surface area is 216 Å². The van der Waals surface area contributed by atoms with Crippen molar-refractivity contribution < 1.29 is 19.1 Å². The first-order valence-electron chi connectivity index (χ1n) is 10.9. The number of ether oxygens (including phenoxy) is 1. The lowest BCUT2D eigenvalue weighted by atomic mass is 9.87. The van der Waals surface area contributed by atoms with Crippen molar-refractivity contribution in [2.24, 2.45) is 5.73 Å². The second kappa shape index (κ2) is 11.5. The summed E-state index contributed by atoms with van der Waals surface area (Å²) in [6, 6.07) is 17.9. The predicted octanol–water partition coefficient (Wildman–Crippen LogP) is 4.98. The average Bonchev–Trinajstić information content (AvgIpc) is 2.84. The Morgan fingerprint density at radius 3 is 1.67 bits per heavy atom. The van der Waals surface area contributed by atoms with Crippen molar-refractivity contribution in [1.82, 2.24) is 0 Å². The normalized spacial score (nSPS) is 10.6. The minimum Gasteiger partial charge on any atom is -0.465 e. The van der Waals surface area contributed by atoms with E-state index in [-0.39, 0.29) is 34.9 Å². The van der Waals surface area contributed by atoms with Crippen molar-refractivity contribution in [3.05, 3.63) is 94.5 Å². The number of nitrogens with one attached hydrogen (secondary N) is 3. The van der Waals surface area contributed by atoms with Crippen molar-refractivity contribution in [2.75, 3.05) is 17.7 Å². The Morgan fingerprint density at radius 1 is 0.750 bits per heavy atom. The van der Waals surface area contributed by atoms with E-state index in [1.54, 1.807) is 36.4 Å². The molecule has 5 N–H and O–H groups in total. The Bertz CT molecular complexity index is 1280. The van der Waals surface area contributed by atoms with Crippen molar-refractivity contribution in [3.63, 3.8) is 0 Å². The fourth-order valence-electron chi connectivity index (χ4n) is 3.31. The number of hydrogen-bond donors (Lipinski definition) is 4. The summed E-state index contributed by atoms with van der Waals surface area (Å²) in [6.45, 7) is 6.26. The maximum atomic E-state index is 13.0. The van der Waals surface area contributed by atoms with E-state index in [1.165, 1.54) is 25.3 Å². The highest BCUT2D eigenvalue weighted by molar-refractivity contribution is 6.11. The van der Waals surface area contributed by atoms with Crippen LogP contribution in [-0.2, 0) is 10.2 Å². The number of halogens is 1. The van der Waals surface area contributed by atoms with Crippen LogP contribution in [0.2, 0.25) is 0 Å². The highest BCUT2D eigenvalue weighted by atomic mass is 35.5. The third-order valence-electron chi connectivity index (χ3n) is 5.41. The van der Waals surface area contributed by atoms with E-state index in [9.17, 15) is 14.4 Å². The summed E-state index contributed by atoms with van der Waals surface area (Å²) in [5.41, 5.74) is 8.52. The van der Waals surface area contributed by atoms with Gasteiger partial charge >= 0.3 is 5.97 Å². The topological polar surface area (TPSA) is 134 Å². The lowest BCUT2D eigenvalue weighted by Crippen LogP contribution is -2.18. The monoisotopic (exact) mass is 508 g/mol. The van der Waals surface area contributed by atoms with Gasteiger partial charge in [-0.3, -0.25) is 15.0 Å². The van der Waals surface area contributed by atoms with Crippen molar-refractivity contribution in [2.45, 2.75) is 26.2 Å². The van der Waals surface area contributed by atoms with E-state index in [2.05, 4.69) is 31.4 Å². The van der Waals surface area contributed by atoms with Crippen LogP contribution in [0.5, 0.6) is 0 Å². The smallest absolute Gasteiger partial charge is 0.337 e. The zero-order chi connectivity index (χ0) is 25.8. The molecular formula is C27H29ClN4O4. The molecule has 9 heteroatoms. The molecule has 2 amide bonds. The van der Waals surface area contributed by atoms with Gasteiger partial charge in [0.1, 0.15) is 5.84 Å². The maximum Gasteiger partial charge on any atom is 0.337 e. The van der Waals surface area contributed by atoms with E-state index < -0.39 is 17.8 Å². The van der Waals surface area contributed by atoms with E-state index in [1.807, 2.05) is 12.1 Å². The number of hydrogen-bond acceptors (Lipinski definition) is 5. The van der Waals surface area contributed by atoms with Gasteiger partial charge in [0.2, 0.25) is 0 Å². The Morgan fingerprint density at radius 2 is 1.19 bits per heavy atom. The SMILES string of the molecule is COC(=O)c1ccc(NC(=O)c2ccc(C(=N)N)cc2)c(NC(=O)c2ccc(C(C)(C)C)cc2)c1.Cl. The molecule has 0 radical (unpaired) electrons. The Balaban J connectivity index is 0.00000456. The molecule has 0 aliphatic rings. The molecule has 0 atom stereocenters. The molecule has 3 rings (SSSR count). The first kappa shape index (κ1) is 28.1. The summed E-state index contributed by atoms with van der Waals surface area (Å²) >= 11 is 0. The highest BCUT2D eigenvalue weighted by Gasteiger charge is 2.17. The summed E-state index contributed by atoms with van der Waals surface area (Å²) in [5.74, 6) is -1.51. The number of benzene rings is 3. The van der Waals surface area contributed by atoms with Gasteiger partial charge in [0.25, 0.3) is 11.8 Å². The maximum absolute atomic E-state index is 13.0. The largest absolute Gasteiger partial charge is 0.465 e. The minimum atomic E-state index is -0.576. The molecular weight excluding hydrogens is 480 g/mol. The first-order valence-corrected chi connectivity index (χ1v) is 10.9. The second-order valence-electron chi connectivity index (χ2n) is 8.98. The number of carbonyl (C=O) groups is 3. The van der Waals surface area contributed by atoms with Crippen molar-refractivity contribution in [1.29, 1.82) is 5.41 Å². The van der Waals surface area contributed by atoms with Crippen LogP contribution in [-0.4, -0.2) is 30.7 Å². The molecule has 0 heterocycles. The number of rotatable bonds is 6. The van der Waals surface area contributed by atoms with Gasteiger partial charge in [0.05, 0.1) is 24.0 Å². The molecule has 0 unspecified atom stereocenters. The van der Waals surface area contributed by atoms with Crippen LogP contribution in [0, 0.1) is 5.41 Å². The molecule has 3 aromatic carbocycles. The summed E-state index contributed by atoms with van der Waals surface area (Å²) < 4.78 is 4.78. The molecule has 0 saturated heterocycles. The number of amidine groups is 1. The number of methoxy groups -OCH3 is 1. The fraction of sp³-hybridized carbons (Fsp3) is 0.185. The number of esters is 1. The molecule has 0 fully saturated rings. The van der Waals surface area contributed by atoms with Crippen LogP contribution in [0.15, 0.2) is 66.7 Å². The lowest BCUT2D eigenvalue weighted by Gasteiger charge is -2.19. The van der Waals surface area contributed by atoms with Gasteiger partial charge in [0, 0.05) is 16.7 Å². The molecule has 8 nitrogen and oxygen atoms in total. The molecule has 0 aromatic heterocycles. The van der Waals surface area contributed by atoms with Crippen LogP contribution in [0.3, 0.4) is 0 Å². The minimum absolute atomic E-state index is 0. The molecule has 188 valence electrons. The van der Waals surface area contributed by atoms with Crippen LogP contribution < -0.4 is 16.4 Å². The molecule has 3 aromatic rings. The van der Waals surface area contributed by atoms with Gasteiger partial charge < -0.3 is 21.1 Å². The third kappa shape index (κ3) is 6.70. The van der Waals surface area contributed by atoms with Gasteiger partial charge in [-0.2, -0.15) is 0 Å². The molecule has 0 spiro atoms. The third-order valence-corrected chi connectivity index (χ3v) is 5.41. The average molecular weight is 509 g/mol. The number of amides is 2. The zero-order valence-corrected chi connectivity index (χ0v) is 21.3. The second-order valence-corrected chi connectivity index (χ2v) is 8.98. The van der Waals surface area contributed by atoms with Gasteiger partial charge in [-0.05, 0) is 53.4 Å².